The highest BCUT2D eigenvalue weighted by molar-refractivity contribution is 6.30. The third-order valence-corrected chi connectivity index (χ3v) is 3.51. The lowest BCUT2D eigenvalue weighted by atomic mass is 9.81. The average molecular weight is 262 g/mol. The lowest BCUT2D eigenvalue weighted by molar-refractivity contribution is 0.0385. The van der Waals surface area contributed by atoms with Crippen molar-refractivity contribution in [3.63, 3.8) is 0 Å². The molecule has 0 radical (unpaired) electrons. The molecule has 2 unspecified atom stereocenters. The Balaban J connectivity index is 0.00000128. The maximum atomic E-state index is 10.1. The first-order chi connectivity index (χ1) is 7.13. The van der Waals surface area contributed by atoms with Gasteiger partial charge in [-0.25, -0.2) is 0 Å². The third-order valence-electron chi connectivity index (χ3n) is 3.26. The Morgan fingerprint density at radius 3 is 2.56 bits per heavy atom. The number of piperidine rings is 1. The van der Waals surface area contributed by atoms with Crippen molar-refractivity contribution in [2.45, 2.75) is 31.4 Å². The van der Waals surface area contributed by atoms with Crippen LogP contribution in [0, 0.1) is 0 Å². The fourth-order valence-corrected chi connectivity index (χ4v) is 2.27. The number of nitrogens with one attached hydrogen (secondary N) is 1. The normalized spacial score (nSPS) is 29.6. The van der Waals surface area contributed by atoms with Gasteiger partial charge in [0.2, 0.25) is 0 Å². The largest absolute Gasteiger partial charge is 0.391 e. The van der Waals surface area contributed by atoms with Crippen LogP contribution in [0.1, 0.15) is 25.3 Å². The van der Waals surface area contributed by atoms with E-state index in [-0.39, 0.29) is 24.0 Å². The van der Waals surface area contributed by atoms with E-state index in [1.54, 1.807) is 0 Å². The van der Waals surface area contributed by atoms with Gasteiger partial charge in [0.25, 0.3) is 0 Å². The number of hydrogen-bond donors (Lipinski definition) is 2. The summed E-state index contributed by atoms with van der Waals surface area (Å²) in [5.74, 6) is 0. The summed E-state index contributed by atoms with van der Waals surface area (Å²) >= 11 is 5.85. The number of hydrogen-bond acceptors (Lipinski definition) is 2. The van der Waals surface area contributed by atoms with Crippen LogP contribution in [0.4, 0.5) is 0 Å². The molecule has 2 nitrogen and oxygen atoms in total. The Kier molecular flexibility index (Phi) is 4.62. The SMILES string of the molecule is CC1(c2ccc(Cl)cc2)NCCCC1O.Cl. The van der Waals surface area contributed by atoms with Gasteiger partial charge >= 0.3 is 0 Å². The maximum Gasteiger partial charge on any atom is 0.0761 e. The van der Waals surface area contributed by atoms with Gasteiger partial charge < -0.3 is 10.4 Å². The highest BCUT2D eigenvalue weighted by Gasteiger charge is 2.36. The minimum Gasteiger partial charge on any atom is -0.391 e. The topological polar surface area (TPSA) is 32.3 Å². The van der Waals surface area contributed by atoms with Gasteiger partial charge in [-0.3, -0.25) is 0 Å². The van der Waals surface area contributed by atoms with Crippen molar-refractivity contribution in [3.8, 4) is 0 Å². The van der Waals surface area contributed by atoms with Crippen LogP contribution in [0.3, 0.4) is 0 Å². The predicted octanol–water partition coefficient (Wildman–Crippen LogP) is 2.72. The predicted molar refractivity (Wildman–Crippen MR) is 69.3 cm³/mol. The van der Waals surface area contributed by atoms with Crippen molar-refractivity contribution in [1.82, 2.24) is 5.32 Å². The third kappa shape index (κ3) is 2.51. The number of halogens is 2. The Hall–Kier alpha value is -0.280. The molecule has 1 aliphatic rings. The first kappa shape index (κ1) is 13.8. The van der Waals surface area contributed by atoms with Crippen molar-refractivity contribution in [3.05, 3.63) is 34.9 Å². The quantitative estimate of drug-likeness (QED) is 0.815. The number of benzene rings is 1. The van der Waals surface area contributed by atoms with Crippen LogP contribution in [-0.2, 0) is 5.54 Å². The van der Waals surface area contributed by atoms with E-state index < -0.39 is 0 Å². The molecule has 1 heterocycles. The van der Waals surface area contributed by atoms with E-state index in [2.05, 4.69) is 5.32 Å². The number of aliphatic hydroxyl groups excluding tert-OH is 1. The highest BCUT2D eigenvalue weighted by atomic mass is 35.5. The minimum atomic E-state index is -0.331. The second-order valence-electron chi connectivity index (χ2n) is 4.29. The summed E-state index contributed by atoms with van der Waals surface area (Å²) in [5.41, 5.74) is 0.766. The van der Waals surface area contributed by atoms with Crippen LogP contribution >= 0.6 is 24.0 Å². The second kappa shape index (κ2) is 5.37. The smallest absolute Gasteiger partial charge is 0.0761 e. The molecular formula is C12H17Cl2NO. The molecule has 0 saturated carbocycles. The molecule has 1 fully saturated rings. The van der Waals surface area contributed by atoms with E-state index in [1.807, 2.05) is 31.2 Å². The summed E-state index contributed by atoms with van der Waals surface area (Å²) < 4.78 is 0. The average Bonchev–Trinajstić information content (AvgIpc) is 2.23. The fourth-order valence-electron chi connectivity index (χ4n) is 2.14. The van der Waals surface area contributed by atoms with Gasteiger partial charge in [-0.05, 0) is 44.0 Å². The molecule has 90 valence electrons. The van der Waals surface area contributed by atoms with Crippen LogP contribution in [0.5, 0.6) is 0 Å². The Morgan fingerprint density at radius 2 is 2.00 bits per heavy atom. The second-order valence-corrected chi connectivity index (χ2v) is 4.73. The molecule has 0 aliphatic carbocycles. The summed E-state index contributed by atoms with van der Waals surface area (Å²) in [5, 5.41) is 14.2. The van der Waals surface area contributed by atoms with Crippen molar-refractivity contribution >= 4 is 24.0 Å². The molecule has 2 rings (SSSR count). The lowest BCUT2D eigenvalue weighted by Crippen LogP contribution is -2.53. The standard InChI is InChI=1S/C12H16ClNO.ClH/c1-12(11(15)3-2-8-14-12)9-4-6-10(13)7-5-9;/h4-7,11,14-15H,2-3,8H2,1H3;1H. The van der Waals surface area contributed by atoms with Crippen LogP contribution < -0.4 is 5.32 Å². The maximum absolute atomic E-state index is 10.1. The van der Waals surface area contributed by atoms with Crippen molar-refractivity contribution in [1.29, 1.82) is 0 Å². The molecule has 0 spiro atoms. The van der Waals surface area contributed by atoms with Crippen molar-refractivity contribution in [2.24, 2.45) is 0 Å². The first-order valence-electron chi connectivity index (χ1n) is 5.32. The van der Waals surface area contributed by atoms with Gasteiger partial charge in [0.1, 0.15) is 0 Å². The number of aliphatic hydroxyl groups is 1. The molecule has 2 atom stereocenters. The number of rotatable bonds is 1. The van der Waals surface area contributed by atoms with Crippen molar-refractivity contribution in [2.75, 3.05) is 6.54 Å². The minimum absolute atomic E-state index is 0. The summed E-state index contributed by atoms with van der Waals surface area (Å²) in [6, 6.07) is 7.68. The van der Waals surface area contributed by atoms with Gasteiger partial charge in [-0.1, -0.05) is 23.7 Å². The highest BCUT2D eigenvalue weighted by Crippen LogP contribution is 2.30. The van der Waals surface area contributed by atoms with Crippen LogP contribution in [0.15, 0.2) is 24.3 Å². The zero-order valence-electron chi connectivity index (χ0n) is 9.24. The van der Waals surface area contributed by atoms with E-state index in [4.69, 9.17) is 11.6 Å². The van der Waals surface area contributed by atoms with E-state index >= 15 is 0 Å². The van der Waals surface area contributed by atoms with Gasteiger partial charge in [-0.15, -0.1) is 12.4 Å². The van der Waals surface area contributed by atoms with Gasteiger partial charge in [0.05, 0.1) is 11.6 Å². The molecule has 0 aromatic heterocycles. The first-order valence-corrected chi connectivity index (χ1v) is 5.70. The Morgan fingerprint density at radius 1 is 1.38 bits per heavy atom. The van der Waals surface area contributed by atoms with E-state index in [0.29, 0.717) is 0 Å². The lowest BCUT2D eigenvalue weighted by Gasteiger charge is -2.40. The van der Waals surface area contributed by atoms with Gasteiger partial charge in [0.15, 0.2) is 0 Å². The molecule has 1 aromatic rings. The summed E-state index contributed by atoms with van der Waals surface area (Å²) in [6.45, 7) is 3.00. The van der Waals surface area contributed by atoms with Crippen LogP contribution in [-0.4, -0.2) is 17.8 Å². The zero-order chi connectivity index (χ0) is 10.9. The monoisotopic (exact) mass is 261 g/mol. The summed E-state index contributed by atoms with van der Waals surface area (Å²) in [4.78, 5) is 0. The van der Waals surface area contributed by atoms with Gasteiger partial charge in [0, 0.05) is 5.02 Å². The van der Waals surface area contributed by atoms with Gasteiger partial charge in [-0.2, -0.15) is 0 Å². The van der Waals surface area contributed by atoms with E-state index in [9.17, 15) is 5.11 Å². The molecule has 0 amide bonds. The van der Waals surface area contributed by atoms with Crippen molar-refractivity contribution < 1.29 is 5.11 Å². The molecule has 1 saturated heterocycles. The van der Waals surface area contributed by atoms with E-state index in [0.717, 1.165) is 30.0 Å². The Bertz CT molecular complexity index is 341. The van der Waals surface area contributed by atoms with Crippen LogP contribution in [0.25, 0.3) is 0 Å². The zero-order valence-corrected chi connectivity index (χ0v) is 10.8. The fraction of sp³-hybridized carbons (Fsp3) is 0.500. The van der Waals surface area contributed by atoms with Crippen LogP contribution in [0.2, 0.25) is 5.02 Å². The molecule has 4 heteroatoms. The molecule has 0 bridgehead atoms. The van der Waals surface area contributed by atoms with E-state index in [1.165, 1.54) is 0 Å². The molecule has 1 aliphatic heterocycles. The molecule has 1 aromatic carbocycles. The Labute approximate surface area is 107 Å². The molecule has 2 N–H and O–H groups in total. The summed E-state index contributed by atoms with van der Waals surface area (Å²) in [7, 11) is 0. The summed E-state index contributed by atoms with van der Waals surface area (Å²) in [6.07, 6.45) is 1.56. The molecule has 16 heavy (non-hydrogen) atoms. The molecular weight excluding hydrogens is 245 g/mol.